The normalized spacial score (nSPS) is 15.7. The molecule has 1 aromatic rings. The van der Waals surface area contributed by atoms with E-state index in [0.29, 0.717) is 19.1 Å². The summed E-state index contributed by atoms with van der Waals surface area (Å²) < 4.78 is 46.7. The molecule has 1 aliphatic rings. The van der Waals surface area contributed by atoms with Crippen molar-refractivity contribution < 1.29 is 26.5 Å². The molecule has 0 bridgehead atoms. The lowest BCUT2D eigenvalue weighted by atomic mass is 9.96. The summed E-state index contributed by atoms with van der Waals surface area (Å²) in [5.74, 6) is 0.467. The van der Waals surface area contributed by atoms with Crippen LogP contribution in [0.15, 0.2) is 24.3 Å². The summed E-state index contributed by atoms with van der Waals surface area (Å²) in [4.78, 5) is 0. The van der Waals surface area contributed by atoms with Crippen molar-refractivity contribution in [1.82, 2.24) is 0 Å². The quantitative estimate of drug-likeness (QED) is 0.126. The van der Waals surface area contributed by atoms with Crippen LogP contribution in [0.5, 0.6) is 0 Å². The summed E-state index contributed by atoms with van der Waals surface area (Å²) in [6.45, 7) is 6.18. The molecular formula is C26H43NO5S. The molecule has 2 unspecified atom stereocenters. The van der Waals surface area contributed by atoms with Gasteiger partial charge in [-0.25, -0.2) is 13.0 Å². The zero-order chi connectivity index (χ0) is 23.9. The molecule has 2 rings (SSSR count). The third kappa shape index (κ3) is 12.1. The second-order valence-electron chi connectivity index (χ2n) is 9.30. The topological polar surface area (TPSA) is 78.7 Å². The Morgan fingerprint density at radius 2 is 1.67 bits per heavy atom. The minimum Gasteiger partial charge on any atom is -0.726 e. The molecule has 33 heavy (non-hydrogen) atoms. The van der Waals surface area contributed by atoms with Crippen LogP contribution in [0.3, 0.4) is 0 Å². The van der Waals surface area contributed by atoms with Crippen molar-refractivity contribution in [3.63, 3.8) is 0 Å². The second kappa shape index (κ2) is 15.6. The average molecular weight is 482 g/mol. The Labute approximate surface area is 201 Å². The summed E-state index contributed by atoms with van der Waals surface area (Å²) >= 11 is 0. The Hall–Kier alpha value is -1.28. The minimum absolute atomic E-state index is 0.104. The maximum Gasteiger partial charge on any atom is 0.218 e. The molecule has 1 heterocycles. The number of hydrogen-bond donors (Lipinski definition) is 0. The van der Waals surface area contributed by atoms with Gasteiger partial charge in [0.25, 0.3) is 0 Å². The third-order valence-electron chi connectivity index (χ3n) is 6.33. The first-order valence-electron chi connectivity index (χ1n) is 12.8. The van der Waals surface area contributed by atoms with E-state index in [1.165, 1.54) is 50.5 Å². The van der Waals surface area contributed by atoms with E-state index in [2.05, 4.69) is 19.9 Å². The number of nitrogens with zero attached hydrogens (tertiary/aromatic N) is 1. The Bertz CT molecular complexity index is 809. The van der Waals surface area contributed by atoms with Gasteiger partial charge in [0.2, 0.25) is 10.4 Å². The summed E-state index contributed by atoms with van der Waals surface area (Å²) in [6.07, 6.45) is 14.3. The highest BCUT2D eigenvalue weighted by molar-refractivity contribution is 7.80. The van der Waals surface area contributed by atoms with E-state index in [0.717, 1.165) is 37.8 Å². The summed E-state index contributed by atoms with van der Waals surface area (Å²) in [6, 6.07) is 8.14. The molecule has 0 spiro atoms. The fourth-order valence-electron chi connectivity index (χ4n) is 4.48. The first-order valence-corrected chi connectivity index (χ1v) is 14.1. The summed E-state index contributed by atoms with van der Waals surface area (Å²) in [5.41, 5.74) is 2.39. The minimum atomic E-state index is -4.80. The van der Waals surface area contributed by atoms with Gasteiger partial charge in [0.05, 0.1) is 6.61 Å². The van der Waals surface area contributed by atoms with Crippen molar-refractivity contribution in [3.8, 4) is 0 Å². The molecule has 2 atom stereocenters. The van der Waals surface area contributed by atoms with E-state index in [4.69, 9.17) is 8.92 Å². The Morgan fingerprint density at radius 1 is 0.970 bits per heavy atom. The van der Waals surface area contributed by atoms with Crippen molar-refractivity contribution in [1.29, 1.82) is 0 Å². The fourth-order valence-corrected chi connectivity index (χ4v) is 4.93. The van der Waals surface area contributed by atoms with Crippen LogP contribution in [0.1, 0.15) is 89.2 Å². The van der Waals surface area contributed by atoms with Crippen LogP contribution >= 0.6 is 0 Å². The van der Waals surface area contributed by atoms with Gasteiger partial charge in [-0.1, -0.05) is 83.4 Å². The lowest BCUT2D eigenvalue weighted by Crippen LogP contribution is -2.36. The molecule has 0 radical (unpaired) electrons. The van der Waals surface area contributed by atoms with Crippen molar-refractivity contribution in [2.24, 2.45) is 5.92 Å². The third-order valence-corrected chi connectivity index (χ3v) is 6.83. The van der Waals surface area contributed by atoms with E-state index in [1.807, 2.05) is 29.0 Å². The molecule has 1 aromatic carbocycles. The van der Waals surface area contributed by atoms with E-state index in [-0.39, 0.29) is 6.61 Å². The molecule has 0 aliphatic carbocycles. The predicted molar refractivity (Wildman–Crippen MR) is 132 cm³/mol. The van der Waals surface area contributed by atoms with Crippen molar-refractivity contribution >= 4 is 16.6 Å². The number of benzene rings is 1. The maximum absolute atomic E-state index is 11.3. The number of ether oxygens (including phenoxy) is 1. The van der Waals surface area contributed by atoms with Gasteiger partial charge in [-0.05, 0) is 30.4 Å². The Balaban J connectivity index is 1.86. The van der Waals surface area contributed by atoms with Gasteiger partial charge in [0.1, 0.15) is 6.54 Å². The van der Waals surface area contributed by atoms with Gasteiger partial charge in [0, 0.05) is 18.6 Å². The Morgan fingerprint density at radius 3 is 2.42 bits per heavy atom. The van der Waals surface area contributed by atoms with Crippen molar-refractivity contribution in [3.05, 3.63) is 35.4 Å². The van der Waals surface area contributed by atoms with E-state index in [1.54, 1.807) is 0 Å². The van der Waals surface area contributed by atoms with Crippen LogP contribution in [0, 0.1) is 5.92 Å². The van der Waals surface area contributed by atoms with Crippen molar-refractivity contribution in [2.45, 2.75) is 90.6 Å². The monoisotopic (exact) mass is 481 g/mol. The van der Waals surface area contributed by atoms with Gasteiger partial charge in [-0.2, -0.15) is 0 Å². The Kier molecular flexibility index (Phi) is 13.2. The standard InChI is InChI=1S/C26H43NO5S/c1-3-5-7-8-9-10-14-23(13-6-4-2)21-31-22-26(32-33(28,29)30)20-27-18-17-24-15-11-12-16-25(24)19-27/h11-12,15-16,19,23,26H,3-10,13-14,17-18,20-22H2,1-2H3. The first kappa shape index (κ1) is 28.0. The number of fused-ring (bicyclic) bond motifs is 1. The van der Waals surface area contributed by atoms with Gasteiger partial charge in [-0.15, -0.1) is 0 Å². The molecular weight excluding hydrogens is 438 g/mol. The molecule has 0 fully saturated rings. The van der Waals surface area contributed by atoms with Crippen molar-refractivity contribution in [2.75, 3.05) is 26.3 Å². The van der Waals surface area contributed by atoms with Gasteiger partial charge >= 0.3 is 0 Å². The largest absolute Gasteiger partial charge is 0.726 e. The first-order chi connectivity index (χ1) is 15.9. The number of hydrogen-bond acceptors (Lipinski definition) is 5. The molecule has 0 aromatic heterocycles. The maximum atomic E-state index is 11.3. The van der Waals surface area contributed by atoms with Crippen LogP contribution in [-0.4, -0.2) is 56.2 Å². The molecule has 7 heteroatoms. The van der Waals surface area contributed by atoms with E-state index < -0.39 is 16.5 Å². The molecule has 0 saturated heterocycles. The second-order valence-corrected chi connectivity index (χ2v) is 10.3. The lowest BCUT2D eigenvalue weighted by molar-refractivity contribution is -0.532. The highest BCUT2D eigenvalue weighted by atomic mass is 32.3. The number of unbranched alkanes of at least 4 members (excludes halogenated alkanes) is 6. The van der Waals surface area contributed by atoms with Gasteiger partial charge in [-0.3, -0.25) is 4.18 Å². The zero-order valence-corrected chi connectivity index (χ0v) is 21.4. The predicted octanol–water partition coefficient (Wildman–Crippen LogP) is 5.09. The highest BCUT2D eigenvalue weighted by Gasteiger charge is 2.23. The smallest absolute Gasteiger partial charge is 0.218 e. The molecule has 188 valence electrons. The van der Waals surface area contributed by atoms with Crippen LogP contribution in [-0.2, 0) is 25.7 Å². The fraction of sp³-hybridized carbons (Fsp3) is 0.731. The molecule has 0 saturated carbocycles. The molecule has 1 aliphatic heterocycles. The molecule has 0 amide bonds. The molecule has 6 nitrogen and oxygen atoms in total. The van der Waals surface area contributed by atoms with Crippen LogP contribution in [0.2, 0.25) is 0 Å². The van der Waals surface area contributed by atoms with Crippen LogP contribution < -0.4 is 0 Å². The number of rotatable bonds is 18. The summed E-state index contributed by atoms with van der Waals surface area (Å²) in [7, 11) is -4.80. The lowest BCUT2D eigenvalue weighted by Gasteiger charge is -2.22. The summed E-state index contributed by atoms with van der Waals surface area (Å²) in [5, 5.41) is 0. The van der Waals surface area contributed by atoms with Gasteiger partial charge < -0.3 is 9.29 Å². The van der Waals surface area contributed by atoms with E-state index in [9.17, 15) is 13.0 Å². The van der Waals surface area contributed by atoms with E-state index >= 15 is 0 Å². The van der Waals surface area contributed by atoms with Crippen LogP contribution in [0.25, 0.3) is 0 Å². The highest BCUT2D eigenvalue weighted by Crippen LogP contribution is 2.19. The zero-order valence-electron chi connectivity index (χ0n) is 20.5. The average Bonchev–Trinajstić information content (AvgIpc) is 2.78. The molecule has 0 N–H and O–H groups in total. The van der Waals surface area contributed by atoms with Gasteiger partial charge in [0.15, 0.2) is 18.9 Å². The van der Waals surface area contributed by atoms with Crippen LogP contribution in [0.4, 0.5) is 0 Å². The SMILES string of the molecule is CCCCCCCCC(CCCC)COCC(C[N+]1=Cc2ccccc2CC1)OS(=O)(=O)[O-].